The van der Waals surface area contributed by atoms with Gasteiger partial charge in [0.1, 0.15) is 11.5 Å². The zero-order valence-electron chi connectivity index (χ0n) is 20.6. The van der Waals surface area contributed by atoms with Crippen LogP contribution in [0.15, 0.2) is 53.7 Å². The summed E-state index contributed by atoms with van der Waals surface area (Å²) in [6, 6.07) is 11.4. The molecule has 2 aromatic carbocycles. The number of allylic oxidation sites excluding steroid dienone is 1. The molecule has 2 amide bonds. The van der Waals surface area contributed by atoms with Crippen LogP contribution in [0.1, 0.15) is 32.4 Å². The van der Waals surface area contributed by atoms with E-state index in [-0.39, 0.29) is 6.10 Å². The number of anilines is 2. The van der Waals surface area contributed by atoms with E-state index in [1.807, 2.05) is 19.1 Å². The third kappa shape index (κ3) is 6.02. The summed E-state index contributed by atoms with van der Waals surface area (Å²) in [7, 11) is 4.87. The molecule has 9 nitrogen and oxygen atoms in total. The van der Waals surface area contributed by atoms with E-state index in [1.54, 1.807) is 63.2 Å². The van der Waals surface area contributed by atoms with Crippen LogP contribution in [0, 0.1) is 0 Å². The summed E-state index contributed by atoms with van der Waals surface area (Å²) in [6.07, 6.45) is -0.253. The topological polar surface area (TPSA) is 101 Å². The lowest BCUT2D eigenvalue weighted by molar-refractivity contribution is -0.143. The number of ether oxygens (including phenoxy) is 3. The number of nitrogens with one attached hydrogen (secondary N) is 3. The van der Waals surface area contributed by atoms with E-state index in [4.69, 9.17) is 26.4 Å². The van der Waals surface area contributed by atoms with Gasteiger partial charge in [-0.3, -0.25) is 0 Å². The van der Waals surface area contributed by atoms with Crippen LogP contribution in [-0.2, 0) is 9.53 Å². The highest BCUT2D eigenvalue weighted by molar-refractivity contribution is 7.80. The second-order valence-corrected chi connectivity index (χ2v) is 8.55. The van der Waals surface area contributed by atoms with Gasteiger partial charge in [-0.05, 0) is 62.8 Å². The normalized spacial score (nSPS) is 15.5. The number of urea groups is 1. The van der Waals surface area contributed by atoms with Crippen LogP contribution in [0.5, 0.6) is 11.5 Å². The van der Waals surface area contributed by atoms with Crippen molar-refractivity contribution in [2.75, 3.05) is 31.9 Å². The molecule has 1 atom stereocenters. The lowest BCUT2D eigenvalue weighted by atomic mass is 9.95. The molecule has 35 heavy (non-hydrogen) atoms. The molecular formula is C25H30N4O5S. The quantitative estimate of drug-likeness (QED) is 0.381. The van der Waals surface area contributed by atoms with Crippen molar-refractivity contribution in [3.63, 3.8) is 0 Å². The SMILES string of the molecule is COc1ccc(NC(=O)Nc2ccc(C3NC(=S)N(C)C(C)=C3C(=O)OC(C)C)cc2)c(OC)c1. The number of carbonyl (C=O) groups excluding carboxylic acids is 2. The molecule has 3 rings (SSSR count). The third-order valence-corrected chi connectivity index (χ3v) is 5.87. The van der Waals surface area contributed by atoms with Crippen LogP contribution in [0.2, 0.25) is 0 Å². The molecule has 1 aliphatic heterocycles. The Hall–Kier alpha value is -3.79. The van der Waals surface area contributed by atoms with E-state index in [0.29, 0.717) is 33.6 Å². The van der Waals surface area contributed by atoms with Crippen molar-refractivity contribution < 1.29 is 23.8 Å². The molecule has 186 valence electrons. The first-order valence-corrected chi connectivity index (χ1v) is 11.4. The van der Waals surface area contributed by atoms with E-state index < -0.39 is 18.0 Å². The van der Waals surface area contributed by atoms with Gasteiger partial charge in [-0.2, -0.15) is 0 Å². The number of methoxy groups -OCH3 is 2. The standard InChI is InChI=1S/C25H30N4O5S/c1-14(2)34-23(30)21-15(3)29(4)25(35)28-22(21)16-7-9-17(10-8-16)26-24(31)27-19-12-11-18(32-5)13-20(19)33-6/h7-14,22H,1-6H3,(H,28,35)(H2,26,27,31). The van der Waals surface area contributed by atoms with Gasteiger partial charge in [0, 0.05) is 24.5 Å². The number of benzene rings is 2. The molecule has 0 bridgehead atoms. The minimum Gasteiger partial charge on any atom is -0.497 e. The lowest BCUT2D eigenvalue weighted by Crippen LogP contribution is -2.46. The summed E-state index contributed by atoms with van der Waals surface area (Å²) in [4.78, 5) is 27.2. The number of hydrogen-bond donors (Lipinski definition) is 3. The van der Waals surface area contributed by atoms with Gasteiger partial charge in [0.15, 0.2) is 5.11 Å². The number of thiocarbonyl (C=S) groups is 1. The first kappa shape index (κ1) is 25.8. The fourth-order valence-electron chi connectivity index (χ4n) is 3.57. The maximum absolute atomic E-state index is 12.9. The number of esters is 1. The molecule has 0 aromatic heterocycles. The Morgan fingerprint density at radius 1 is 1.06 bits per heavy atom. The molecule has 2 aromatic rings. The molecule has 0 saturated heterocycles. The maximum Gasteiger partial charge on any atom is 0.338 e. The van der Waals surface area contributed by atoms with Crippen molar-refractivity contribution >= 4 is 40.7 Å². The second-order valence-electron chi connectivity index (χ2n) is 8.16. The lowest BCUT2D eigenvalue weighted by Gasteiger charge is -2.35. The number of nitrogens with zero attached hydrogens (tertiary/aromatic N) is 1. The van der Waals surface area contributed by atoms with Crippen LogP contribution < -0.4 is 25.4 Å². The van der Waals surface area contributed by atoms with Crippen LogP contribution in [0.3, 0.4) is 0 Å². The summed E-state index contributed by atoms with van der Waals surface area (Å²) in [6.45, 7) is 5.45. The van der Waals surface area contributed by atoms with Crippen molar-refractivity contribution in [3.8, 4) is 11.5 Å². The molecule has 1 unspecified atom stereocenters. The molecule has 1 heterocycles. The summed E-state index contributed by atoms with van der Waals surface area (Å²) < 4.78 is 16.0. The fraction of sp³-hybridized carbons (Fsp3) is 0.320. The number of carbonyl (C=O) groups is 2. The van der Waals surface area contributed by atoms with Gasteiger partial charge in [-0.1, -0.05) is 12.1 Å². The number of amides is 2. The van der Waals surface area contributed by atoms with Crippen molar-refractivity contribution in [1.82, 2.24) is 10.2 Å². The molecule has 0 spiro atoms. The highest BCUT2D eigenvalue weighted by atomic mass is 32.1. The number of rotatable bonds is 7. The molecule has 0 aliphatic carbocycles. The molecule has 0 saturated carbocycles. The zero-order chi connectivity index (χ0) is 25.7. The third-order valence-electron chi connectivity index (χ3n) is 5.48. The van der Waals surface area contributed by atoms with Gasteiger partial charge in [0.05, 0.1) is 37.6 Å². The average molecular weight is 499 g/mol. The Balaban J connectivity index is 1.77. The summed E-state index contributed by atoms with van der Waals surface area (Å²) in [5, 5.41) is 9.26. The summed E-state index contributed by atoms with van der Waals surface area (Å²) in [5.74, 6) is 0.688. The summed E-state index contributed by atoms with van der Waals surface area (Å²) in [5.41, 5.74) is 3.08. The molecule has 0 fully saturated rings. The largest absolute Gasteiger partial charge is 0.497 e. The van der Waals surface area contributed by atoms with Crippen LogP contribution in [0.25, 0.3) is 0 Å². The van der Waals surface area contributed by atoms with Crippen molar-refractivity contribution in [2.24, 2.45) is 0 Å². The minimum absolute atomic E-state index is 0.253. The van der Waals surface area contributed by atoms with Crippen molar-refractivity contribution in [3.05, 3.63) is 59.3 Å². The Kier molecular flexibility index (Phi) is 8.18. The maximum atomic E-state index is 12.9. The predicted molar refractivity (Wildman–Crippen MR) is 139 cm³/mol. The molecule has 10 heteroatoms. The highest BCUT2D eigenvalue weighted by Gasteiger charge is 2.33. The van der Waals surface area contributed by atoms with Gasteiger partial charge in [-0.15, -0.1) is 0 Å². The first-order valence-electron chi connectivity index (χ1n) is 11.0. The van der Waals surface area contributed by atoms with Gasteiger partial charge in [0.2, 0.25) is 0 Å². The Morgan fingerprint density at radius 3 is 2.34 bits per heavy atom. The van der Waals surface area contributed by atoms with E-state index in [0.717, 1.165) is 11.3 Å². The molecular weight excluding hydrogens is 468 g/mol. The highest BCUT2D eigenvalue weighted by Crippen LogP contribution is 2.32. The van der Waals surface area contributed by atoms with E-state index in [2.05, 4.69) is 16.0 Å². The van der Waals surface area contributed by atoms with Gasteiger partial charge >= 0.3 is 12.0 Å². The van der Waals surface area contributed by atoms with Gasteiger partial charge in [0.25, 0.3) is 0 Å². The predicted octanol–water partition coefficient (Wildman–Crippen LogP) is 4.43. The van der Waals surface area contributed by atoms with Crippen LogP contribution >= 0.6 is 12.2 Å². The Bertz CT molecular complexity index is 1150. The second kappa shape index (κ2) is 11.1. The van der Waals surface area contributed by atoms with Gasteiger partial charge < -0.3 is 35.1 Å². The first-order chi connectivity index (χ1) is 16.6. The van der Waals surface area contributed by atoms with E-state index >= 15 is 0 Å². The minimum atomic E-state index is -0.476. The van der Waals surface area contributed by atoms with Crippen LogP contribution in [-0.4, -0.2) is 49.4 Å². The van der Waals surface area contributed by atoms with Gasteiger partial charge in [-0.25, -0.2) is 9.59 Å². The molecule has 1 aliphatic rings. The average Bonchev–Trinajstić information content (AvgIpc) is 2.82. The zero-order valence-corrected chi connectivity index (χ0v) is 21.4. The van der Waals surface area contributed by atoms with Crippen molar-refractivity contribution in [2.45, 2.75) is 32.9 Å². The van der Waals surface area contributed by atoms with Crippen molar-refractivity contribution in [1.29, 1.82) is 0 Å². The summed E-state index contributed by atoms with van der Waals surface area (Å²) >= 11 is 5.44. The molecule has 0 radical (unpaired) electrons. The Morgan fingerprint density at radius 2 is 1.74 bits per heavy atom. The fourth-order valence-corrected chi connectivity index (χ4v) is 3.83. The van der Waals surface area contributed by atoms with E-state index in [1.165, 1.54) is 7.11 Å². The molecule has 3 N–H and O–H groups in total. The van der Waals surface area contributed by atoms with E-state index in [9.17, 15) is 9.59 Å². The number of hydrogen-bond acceptors (Lipinski definition) is 6. The van der Waals surface area contributed by atoms with Crippen LogP contribution in [0.4, 0.5) is 16.2 Å². The Labute approximate surface area is 210 Å². The monoisotopic (exact) mass is 498 g/mol. The smallest absolute Gasteiger partial charge is 0.338 e.